The number of rotatable bonds is 3. The molecule has 1 aromatic carbocycles. The summed E-state index contributed by atoms with van der Waals surface area (Å²) < 4.78 is 14.4. The molecule has 0 unspecified atom stereocenters. The Hall–Kier alpha value is -2.52. The lowest BCUT2D eigenvalue weighted by Gasteiger charge is -2.46. The van der Waals surface area contributed by atoms with Gasteiger partial charge in [-0.05, 0) is 22.6 Å². The summed E-state index contributed by atoms with van der Waals surface area (Å²) in [6.07, 6.45) is 1.60. The van der Waals surface area contributed by atoms with E-state index < -0.39 is 10.5 Å². The Morgan fingerprint density at radius 3 is 2.70 bits per heavy atom. The Labute approximate surface area is 133 Å². The van der Waals surface area contributed by atoms with Gasteiger partial charge in [0.05, 0.1) is 13.1 Å². The van der Waals surface area contributed by atoms with Crippen LogP contribution in [0.15, 0.2) is 35.8 Å². The predicted molar refractivity (Wildman–Crippen MR) is 82.2 cm³/mol. The maximum absolute atomic E-state index is 13.0. The summed E-state index contributed by atoms with van der Waals surface area (Å²) >= 11 is 1.31. The van der Waals surface area contributed by atoms with Gasteiger partial charge in [-0.25, -0.2) is 4.39 Å². The minimum Gasteiger partial charge on any atom is -0.381 e. The van der Waals surface area contributed by atoms with Gasteiger partial charge in [-0.2, -0.15) is 9.38 Å². The number of nitrogens with zero attached hydrogens (tertiary/aromatic N) is 4. The van der Waals surface area contributed by atoms with Crippen LogP contribution in [0.1, 0.15) is 5.56 Å². The SMILES string of the molecule is O=[N+]([O-])c1c(N2CC(O)(c3ccc(F)cc3)C2)nc2sccn12. The number of hydrogen-bond acceptors (Lipinski definition) is 6. The molecule has 3 heterocycles. The number of nitro groups is 1. The molecule has 23 heavy (non-hydrogen) atoms. The van der Waals surface area contributed by atoms with Crippen molar-refractivity contribution in [1.29, 1.82) is 0 Å². The van der Waals surface area contributed by atoms with Crippen molar-refractivity contribution in [3.8, 4) is 0 Å². The summed E-state index contributed by atoms with van der Waals surface area (Å²) in [7, 11) is 0. The first-order chi connectivity index (χ1) is 11.0. The summed E-state index contributed by atoms with van der Waals surface area (Å²) in [5.74, 6) is -0.241. The Balaban J connectivity index is 1.65. The average Bonchev–Trinajstić information content (AvgIpc) is 3.04. The van der Waals surface area contributed by atoms with E-state index in [1.165, 1.54) is 40.0 Å². The standard InChI is InChI=1S/C14H11FN4O3S/c15-10-3-1-9(2-4-10)14(20)7-17(8-14)11-12(19(21)22)18-5-6-23-13(18)16-11/h1-6,20H,7-8H2. The van der Waals surface area contributed by atoms with Crippen LogP contribution in [-0.4, -0.2) is 32.5 Å². The van der Waals surface area contributed by atoms with Gasteiger partial charge in [-0.1, -0.05) is 23.5 Å². The first-order valence-corrected chi connectivity index (χ1v) is 7.69. The van der Waals surface area contributed by atoms with Crippen molar-refractivity contribution < 1.29 is 14.4 Å². The van der Waals surface area contributed by atoms with Gasteiger partial charge < -0.3 is 20.1 Å². The number of benzene rings is 1. The molecule has 9 heteroatoms. The second kappa shape index (κ2) is 4.74. The number of thiazole rings is 1. The molecule has 4 rings (SSSR count). The van der Waals surface area contributed by atoms with Crippen molar-refractivity contribution in [2.45, 2.75) is 5.60 Å². The Bertz CT molecular complexity index is 899. The molecule has 0 spiro atoms. The van der Waals surface area contributed by atoms with E-state index in [-0.39, 0.29) is 30.5 Å². The average molecular weight is 334 g/mol. The van der Waals surface area contributed by atoms with Gasteiger partial charge >= 0.3 is 5.82 Å². The number of halogens is 1. The van der Waals surface area contributed by atoms with E-state index in [9.17, 15) is 19.6 Å². The smallest absolute Gasteiger partial charge is 0.373 e. The largest absolute Gasteiger partial charge is 0.381 e. The molecular formula is C14H11FN4O3S. The van der Waals surface area contributed by atoms with E-state index in [0.717, 1.165) is 0 Å². The minimum absolute atomic E-state index is 0.109. The van der Waals surface area contributed by atoms with E-state index in [0.29, 0.717) is 10.5 Å². The van der Waals surface area contributed by atoms with Crippen molar-refractivity contribution in [2.24, 2.45) is 0 Å². The quantitative estimate of drug-likeness (QED) is 0.586. The molecule has 0 bridgehead atoms. The summed E-state index contributed by atoms with van der Waals surface area (Å²) in [6, 6.07) is 5.61. The number of anilines is 1. The summed E-state index contributed by atoms with van der Waals surface area (Å²) in [6.45, 7) is 0.342. The van der Waals surface area contributed by atoms with Crippen molar-refractivity contribution >= 4 is 27.9 Å². The number of aromatic nitrogens is 2. The molecule has 1 fully saturated rings. The fraction of sp³-hybridized carbons (Fsp3) is 0.214. The van der Waals surface area contributed by atoms with Gasteiger partial charge in [-0.3, -0.25) is 0 Å². The van der Waals surface area contributed by atoms with Crippen LogP contribution in [-0.2, 0) is 5.60 Å². The molecule has 1 N–H and O–H groups in total. The van der Waals surface area contributed by atoms with Crippen molar-refractivity contribution in [2.75, 3.05) is 18.0 Å². The monoisotopic (exact) mass is 334 g/mol. The molecule has 0 amide bonds. The molecule has 7 nitrogen and oxygen atoms in total. The fourth-order valence-corrected chi connectivity index (χ4v) is 3.53. The maximum atomic E-state index is 13.0. The van der Waals surface area contributed by atoms with E-state index in [2.05, 4.69) is 4.98 Å². The van der Waals surface area contributed by atoms with Crippen LogP contribution in [0.4, 0.5) is 16.0 Å². The van der Waals surface area contributed by atoms with E-state index in [4.69, 9.17) is 0 Å². The third kappa shape index (κ3) is 2.08. The first-order valence-electron chi connectivity index (χ1n) is 6.81. The molecule has 2 aromatic heterocycles. The van der Waals surface area contributed by atoms with Gasteiger partial charge in [0.2, 0.25) is 5.82 Å². The zero-order valence-electron chi connectivity index (χ0n) is 11.7. The fourth-order valence-electron chi connectivity index (χ4n) is 2.82. The van der Waals surface area contributed by atoms with E-state index >= 15 is 0 Å². The number of hydrogen-bond donors (Lipinski definition) is 1. The third-order valence-corrected chi connectivity index (χ3v) is 4.73. The van der Waals surface area contributed by atoms with Gasteiger partial charge in [0.15, 0.2) is 0 Å². The number of fused-ring (bicyclic) bond motifs is 1. The number of aliphatic hydroxyl groups is 1. The molecule has 1 saturated heterocycles. The van der Waals surface area contributed by atoms with Crippen molar-refractivity contribution in [3.05, 3.63) is 57.3 Å². The van der Waals surface area contributed by atoms with E-state index in [1.54, 1.807) is 16.5 Å². The summed E-state index contributed by atoms with van der Waals surface area (Å²) in [5, 5.41) is 23.6. The zero-order chi connectivity index (χ0) is 16.2. The predicted octanol–water partition coefficient (Wildman–Crippen LogP) is 2.15. The lowest BCUT2D eigenvalue weighted by atomic mass is 9.86. The number of imidazole rings is 1. The van der Waals surface area contributed by atoms with Crippen LogP contribution in [0.3, 0.4) is 0 Å². The van der Waals surface area contributed by atoms with Crippen LogP contribution in [0.2, 0.25) is 0 Å². The van der Waals surface area contributed by atoms with E-state index in [1.807, 2.05) is 0 Å². The van der Waals surface area contributed by atoms with Crippen LogP contribution >= 0.6 is 11.3 Å². The molecular weight excluding hydrogens is 323 g/mol. The molecule has 3 aromatic rings. The second-order valence-corrected chi connectivity index (χ2v) is 6.34. The topological polar surface area (TPSA) is 83.9 Å². The first kappa shape index (κ1) is 14.1. The molecule has 0 radical (unpaired) electrons. The lowest BCUT2D eigenvalue weighted by molar-refractivity contribution is -0.389. The molecule has 1 aliphatic rings. The Morgan fingerprint density at radius 1 is 1.35 bits per heavy atom. The molecule has 0 aliphatic carbocycles. The van der Waals surface area contributed by atoms with Crippen LogP contribution in [0.5, 0.6) is 0 Å². The minimum atomic E-state index is -1.15. The molecule has 0 saturated carbocycles. The highest BCUT2D eigenvalue weighted by atomic mass is 32.1. The highest BCUT2D eigenvalue weighted by molar-refractivity contribution is 7.15. The highest BCUT2D eigenvalue weighted by Gasteiger charge is 2.46. The normalized spacial score (nSPS) is 16.5. The molecule has 118 valence electrons. The molecule has 1 aliphatic heterocycles. The lowest BCUT2D eigenvalue weighted by Crippen LogP contribution is -2.59. The van der Waals surface area contributed by atoms with Gasteiger partial charge in [0.25, 0.3) is 4.96 Å². The summed E-state index contributed by atoms with van der Waals surface area (Å²) in [4.78, 5) is 17.3. The maximum Gasteiger partial charge on any atom is 0.373 e. The third-order valence-electron chi connectivity index (χ3n) is 3.98. The van der Waals surface area contributed by atoms with Crippen molar-refractivity contribution in [1.82, 2.24) is 9.38 Å². The highest BCUT2D eigenvalue weighted by Crippen LogP contribution is 2.39. The number of β-amino-alcohol motifs (C(OH)–C–C–N with tert-alkyl or cyclic N) is 1. The summed E-state index contributed by atoms with van der Waals surface area (Å²) in [5.41, 5.74) is -0.572. The molecule has 0 atom stereocenters. The van der Waals surface area contributed by atoms with Gasteiger partial charge in [0.1, 0.15) is 17.6 Å². The van der Waals surface area contributed by atoms with Crippen LogP contribution in [0.25, 0.3) is 4.96 Å². The zero-order valence-corrected chi connectivity index (χ0v) is 12.5. The van der Waals surface area contributed by atoms with Crippen LogP contribution < -0.4 is 4.90 Å². The van der Waals surface area contributed by atoms with Crippen LogP contribution in [0, 0.1) is 15.9 Å². The Kier molecular flexibility index (Phi) is 2.90. The van der Waals surface area contributed by atoms with Gasteiger partial charge in [0, 0.05) is 5.38 Å². The Morgan fingerprint density at radius 2 is 2.04 bits per heavy atom. The van der Waals surface area contributed by atoms with Crippen molar-refractivity contribution in [3.63, 3.8) is 0 Å². The van der Waals surface area contributed by atoms with Gasteiger partial charge in [-0.15, -0.1) is 0 Å². The second-order valence-electron chi connectivity index (χ2n) is 5.47.